The molecule has 2 nitrogen and oxygen atoms in total. The zero-order valence-corrected chi connectivity index (χ0v) is 36.5. The van der Waals surface area contributed by atoms with Gasteiger partial charge in [0, 0.05) is 39.2 Å². The first-order valence-corrected chi connectivity index (χ1v) is 22.6. The Balaban J connectivity index is 0.886. The second-order valence-corrected chi connectivity index (χ2v) is 17.7. The highest BCUT2D eigenvalue weighted by atomic mass is 15.1. The number of anilines is 6. The molecular formula is C63H46N2. The minimum absolute atomic E-state index is 0.0147. The maximum absolute atomic E-state index is 2.40. The lowest BCUT2D eigenvalue weighted by Gasteiger charge is -2.28. The quantitative estimate of drug-likeness (QED) is 0.134. The standard InChI is InChI=1S/C63H46N2/c1-63(2)58-26-14-16-47-42-57(56-25-15-27-59(63)62(56)61(47)58)46-30-28-45(29-31-46)53-40-41-60(55-24-13-12-23-54(53)55)65(50-21-10-5-11-22-50)52-38-34-44(35-39-52)43-32-36-51(37-33-43)64(48-17-6-3-7-18-48)49-19-8-4-9-20-49/h3-42H,1-2H3. The van der Waals surface area contributed by atoms with Crippen LogP contribution in [0.4, 0.5) is 34.1 Å². The normalized spacial score (nSPS) is 12.6. The Morgan fingerprint density at radius 2 is 0.723 bits per heavy atom. The Morgan fingerprint density at radius 3 is 1.31 bits per heavy atom. The summed E-state index contributed by atoms with van der Waals surface area (Å²) in [6, 6.07) is 88.5. The first kappa shape index (κ1) is 38.5. The Kier molecular flexibility index (Phi) is 9.21. The van der Waals surface area contributed by atoms with Crippen LogP contribution in [0.2, 0.25) is 0 Å². The molecule has 65 heavy (non-hydrogen) atoms. The van der Waals surface area contributed by atoms with E-state index in [2.05, 4.69) is 266 Å². The van der Waals surface area contributed by atoms with Gasteiger partial charge in [-0.15, -0.1) is 0 Å². The summed E-state index contributed by atoms with van der Waals surface area (Å²) < 4.78 is 0. The molecule has 0 aliphatic heterocycles. The molecule has 1 aliphatic rings. The molecule has 11 aromatic rings. The number of hydrogen-bond donors (Lipinski definition) is 0. The molecule has 0 heterocycles. The van der Waals surface area contributed by atoms with Crippen LogP contribution in [0.5, 0.6) is 0 Å². The number of para-hydroxylation sites is 3. The topological polar surface area (TPSA) is 6.48 Å². The molecule has 0 saturated heterocycles. The molecule has 0 bridgehead atoms. The molecule has 0 fully saturated rings. The number of hydrogen-bond acceptors (Lipinski definition) is 2. The molecular weight excluding hydrogens is 785 g/mol. The predicted molar refractivity (Wildman–Crippen MR) is 277 cm³/mol. The molecule has 0 aromatic heterocycles. The number of rotatable bonds is 9. The first-order valence-electron chi connectivity index (χ1n) is 22.6. The number of fused-ring (bicyclic) bond motifs is 1. The number of benzene rings is 11. The van der Waals surface area contributed by atoms with Gasteiger partial charge in [0.05, 0.1) is 5.69 Å². The van der Waals surface area contributed by atoms with Gasteiger partial charge in [-0.05, 0) is 144 Å². The molecule has 0 spiro atoms. The van der Waals surface area contributed by atoms with Gasteiger partial charge in [-0.25, -0.2) is 0 Å². The molecule has 0 amide bonds. The molecule has 2 heteroatoms. The molecule has 308 valence electrons. The summed E-state index contributed by atoms with van der Waals surface area (Å²) in [6.45, 7) is 4.73. The minimum atomic E-state index is -0.0147. The molecule has 0 N–H and O–H groups in total. The van der Waals surface area contributed by atoms with Crippen molar-refractivity contribution in [1.82, 2.24) is 0 Å². The molecule has 1 aliphatic carbocycles. The van der Waals surface area contributed by atoms with Crippen molar-refractivity contribution in [1.29, 1.82) is 0 Å². The maximum atomic E-state index is 2.40. The highest BCUT2D eigenvalue weighted by Gasteiger charge is 2.34. The van der Waals surface area contributed by atoms with E-state index in [4.69, 9.17) is 0 Å². The van der Waals surface area contributed by atoms with Gasteiger partial charge in [-0.2, -0.15) is 0 Å². The Hall–Kier alpha value is -8.20. The monoisotopic (exact) mass is 830 g/mol. The SMILES string of the molecule is CC1(C)c2cccc3cc(-c4ccc(-c5ccc(N(c6ccccc6)c6ccc(-c7ccc(N(c8ccccc8)c8ccccc8)cc7)cc6)c6ccccc56)cc4)c4cccc1c4c23. The molecule has 0 unspecified atom stereocenters. The first-order chi connectivity index (χ1) is 32.0. The maximum Gasteiger partial charge on any atom is 0.0540 e. The van der Waals surface area contributed by atoms with E-state index in [1.807, 2.05) is 0 Å². The zero-order valence-electron chi connectivity index (χ0n) is 36.5. The Bertz CT molecular complexity index is 3480. The zero-order chi connectivity index (χ0) is 43.5. The molecule has 0 saturated carbocycles. The van der Waals surface area contributed by atoms with Crippen molar-refractivity contribution in [2.24, 2.45) is 0 Å². The lowest BCUT2D eigenvalue weighted by atomic mass is 9.82. The lowest BCUT2D eigenvalue weighted by Crippen LogP contribution is -2.14. The fourth-order valence-corrected chi connectivity index (χ4v) is 10.4. The van der Waals surface area contributed by atoms with Crippen LogP contribution in [0.15, 0.2) is 243 Å². The van der Waals surface area contributed by atoms with Crippen molar-refractivity contribution in [2.45, 2.75) is 19.3 Å². The van der Waals surface area contributed by atoms with Crippen LogP contribution in [0.25, 0.3) is 65.7 Å². The summed E-state index contributed by atoms with van der Waals surface area (Å²) in [6.07, 6.45) is 0. The third-order valence-electron chi connectivity index (χ3n) is 13.6. The van der Waals surface area contributed by atoms with Crippen LogP contribution in [-0.4, -0.2) is 0 Å². The Morgan fingerprint density at radius 1 is 0.292 bits per heavy atom. The van der Waals surface area contributed by atoms with Crippen LogP contribution in [0.1, 0.15) is 25.0 Å². The van der Waals surface area contributed by atoms with Crippen LogP contribution >= 0.6 is 0 Å². The van der Waals surface area contributed by atoms with Crippen molar-refractivity contribution < 1.29 is 0 Å². The Labute approximate surface area is 380 Å². The van der Waals surface area contributed by atoms with E-state index in [0.29, 0.717) is 0 Å². The summed E-state index contributed by atoms with van der Waals surface area (Å²) >= 11 is 0. The second-order valence-electron chi connectivity index (χ2n) is 17.7. The van der Waals surface area contributed by atoms with E-state index in [1.54, 1.807) is 0 Å². The van der Waals surface area contributed by atoms with E-state index in [1.165, 1.54) is 76.8 Å². The van der Waals surface area contributed by atoms with Crippen LogP contribution in [0, 0.1) is 0 Å². The average molecular weight is 831 g/mol. The van der Waals surface area contributed by atoms with E-state index >= 15 is 0 Å². The second kappa shape index (κ2) is 15.6. The summed E-state index contributed by atoms with van der Waals surface area (Å²) in [5.74, 6) is 0. The fourth-order valence-electron chi connectivity index (χ4n) is 10.4. The largest absolute Gasteiger partial charge is 0.311 e. The van der Waals surface area contributed by atoms with Gasteiger partial charge in [0.15, 0.2) is 0 Å². The third kappa shape index (κ3) is 6.49. The summed E-state index contributed by atoms with van der Waals surface area (Å²) in [5, 5.41) is 7.89. The van der Waals surface area contributed by atoms with Crippen LogP contribution in [-0.2, 0) is 5.41 Å². The van der Waals surface area contributed by atoms with Gasteiger partial charge in [0.1, 0.15) is 0 Å². The molecule has 12 rings (SSSR count). The van der Waals surface area contributed by atoms with Crippen molar-refractivity contribution in [2.75, 3.05) is 9.80 Å². The van der Waals surface area contributed by atoms with Gasteiger partial charge in [0.25, 0.3) is 0 Å². The van der Waals surface area contributed by atoms with Crippen molar-refractivity contribution in [3.63, 3.8) is 0 Å². The molecule has 11 aromatic carbocycles. The lowest BCUT2D eigenvalue weighted by molar-refractivity contribution is 0.663. The van der Waals surface area contributed by atoms with Crippen LogP contribution in [0.3, 0.4) is 0 Å². The van der Waals surface area contributed by atoms with Gasteiger partial charge in [-0.3, -0.25) is 0 Å². The van der Waals surface area contributed by atoms with E-state index in [0.717, 1.165) is 34.1 Å². The van der Waals surface area contributed by atoms with Gasteiger partial charge >= 0.3 is 0 Å². The number of nitrogens with zero attached hydrogens (tertiary/aromatic N) is 2. The van der Waals surface area contributed by atoms with Crippen molar-refractivity contribution in [3.8, 4) is 33.4 Å². The average Bonchev–Trinajstić information content (AvgIpc) is 3.61. The predicted octanol–water partition coefficient (Wildman–Crippen LogP) is 17.7. The van der Waals surface area contributed by atoms with Crippen LogP contribution < -0.4 is 9.80 Å². The highest BCUT2D eigenvalue weighted by molar-refractivity contribution is 6.19. The van der Waals surface area contributed by atoms with Gasteiger partial charge in [0.2, 0.25) is 0 Å². The smallest absolute Gasteiger partial charge is 0.0540 e. The van der Waals surface area contributed by atoms with E-state index < -0.39 is 0 Å². The van der Waals surface area contributed by atoms with E-state index in [9.17, 15) is 0 Å². The third-order valence-corrected chi connectivity index (χ3v) is 13.6. The molecule has 0 radical (unpaired) electrons. The minimum Gasteiger partial charge on any atom is -0.311 e. The highest BCUT2D eigenvalue weighted by Crippen LogP contribution is 2.51. The molecule has 0 atom stereocenters. The summed E-state index contributed by atoms with van der Waals surface area (Å²) in [7, 11) is 0. The summed E-state index contributed by atoms with van der Waals surface area (Å²) in [4.78, 5) is 4.68. The van der Waals surface area contributed by atoms with Crippen molar-refractivity contribution in [3.05, 3.63) is 254 Å². The van der Waals surface area contributed by atoms with Gasteiger partial charge in [-0.1, -0.05) is 184 Å². The van der Waals surface area contributed by atoms with Crippen molar-refractivity contribution >= 4 is 66.4 Å². The summed E-state index contributed by atoms with van der Waals surface area (Å²) in [5.41, 5.74) is 16.8. The fraction of sp³-hybridized carbons (Fsp3) is 0.0476. The van der Waals surface area contributed by atoms with E-state index in [-0.39, 0.29) is 5.41 Å². The van der Waals surface area contributed by atoms with Gasteiger partial charge < -0.3 is 9.80 Å².